The summed E-state index contributed by atoms with van der Waals surface area (Å²) in [5, 5.41) is 13.2. The first-order valence-corrected chi connectivity index (χ1v) is 6.52. The Labute approximate surface area is 115 Å². The monoisotopic (exact) mass is 267 g/mol. The number of benzene rings is 1. The highest BCUT2D eigenvalue weighted by Gasteiger charge is 2.12. The largest absolute Gasteiger partial charge is 0.502 e. The van der Waals surface area contributed by atoms with Crippen LogP contribution in [0.1, 0.15) is 32.8 Å². The Hall–Kier alpha value is -1.42. The molecular weight excluding hydrogens is 242 g/mol. The van der Waals surface area contributed by atoms with Gasteiger partial charge in [0.25, 0.3) is 0 Å². The summed E-state index contributed by atoms with van der Waals surface area (Å²) < 4.78 is 10.3. The molecule has 0 saturated carbocycles. The number of rotatable bonds is 6. The van der Waals surface area contributed by atoms with Crippen molar-refractivity contribution in [1.29, 1.82) is 0 Å². The lowest BCUT2D eigenvalue weighted by molar-refractivity contribution is 0.338. The number of hydrogen-bond donors (Lipinski definition) is 2. The Morgan fingerprint density at radius 1 is 1.11 bits per heavy atom. The van der Waals surface area contributed by atoms with E-state index in [1.165, 1.54) is 14.2 Å². The van der Waals surface area contributed by atoms with Crippen molar-refractivity contribution < 1.29 is 14.6 Å². The topological polar surface area (TPSA) is 50.7 Å². The fraction of sp³-hybridized carbons (Fsp3) is 0.600. The van der Waals surface area contributed by atoms with E-state index in [9.17, 15) is 5.11 Å². The molecule has 0 fully saturated rings. The maximum atomic E-state index is 9.82. The molecule has 0 aliphatic rings. The first kappa shape index (κ1) is 15.6. The second-order valence-corrected chi connectivity index (χ2v) is 5.84. The van der Waals surface area contributed by atoms with Crippen molar-refractivity contribution in [3.05, 3.63) is 17.7 Å². The highest BCUT2D eigenvalue weighted by atomic mass is 16.5. The van der Waals surface area contributed by atoms with Gasteiger partial charge in [0.15, 0.2) is 11.5 Å². The zero-order chi connectivity index (χ0) is 14.5. The van der Waals surface area contributed by atoms with Gasteiger partial charge >= 0.3 is 0 Å². The van der Waals surface area contributed by atoms with Crippen LogP contribution in [0.3, 0.4) is 0 Å². The van der Waals surface area contributed by atoms with Crippen LogP contribution < -0.4 is 14.8 Å². The summed E-state index contributed by atoms with van der Waals surface area (Å²) in [7, 11) is 3.07. The number of phenols is 1. The molecule has 4 heteroatoms. The molecule has 0 aromatic heterocycles. The minimum Gasteiger partial charge on any atom is -0.502 e. The molecule has 108 valence electrons. The second-order valence-electron chi connectivity index (χ2n) is 5.84. The molecule has 0 spiro atoms. The Morgan fingerprint density at radius 2 is 1.63 bits per heavy atom. The van der Waals surface area contributed by atoms with Crippen molar-refractivity contribution in [2.45, 2.75) is 33.7 Å². The van der Waals surface area contributed by atoms with Gasteiger partial charge in [-0.3, -0.25) is 0 Å². The number of phenolic OH excluding ortho intramolecular Hbond substituents is 1. The first-order valence-electron chi connectivity index (χ1n) is 6.52. The van der Waals surface area contributed by atoms with Crippen molar-refractivity contribution in [3.63, 3.8) is 0 Å². The van der Waals surface area contributed by atoms with Gasteiger partial charge in [-0.1, -0.05) is 20.8 Å². The fourth-order valence-electron chi connectivity index (χ4n) is 1.75. The molecule has 4 nitrogen and oxygen atoms in total. The molecule has 1 aromatic rings. The maximum Gasteiger partial charge on any atom is 0.200 e. The van der Waals surface area contributed by atoms with Gasteiger partial charge in [-0.05, 0) is 36.1 Å². The van der Waals surface area contributed by atoms with Crippen LogP contribution >= 0.6 is 0 Å². The standard InChI is InChI=1S/C15H25NO3/c1-15(2,3)6-7-16-10-11-8-12(18-4)14(17)13(9-11)19-5/h8-9,16-17H,6-7,10H2,1-5H3. The van der Waals surface area contributed by atoms with Gasteiger partial charge in [0.1, 0.15) is 0 Å². The van der Waals surface area contributed by atoms with Crippen LogP contribution in [0.2, 0.25) is 0 Å². The number of hydrogen-bond acceptors (Lipinski definition) is 4. The zero-order valence-corrected chi connectivity index (χ0v) is 12.5. The Morgan fingerprint density at radius 3 is 2.05 bits per heavy atom. The van der Waals surface area contributed by atoms with E-state index in [4.69, 9.17) is 9.47 Å². The van der Waals surface area contributed by atoms with Gasteiger partial charge in [-0.25, -0.2) is 0 Å². The minimum atomic E-state index is 0.0449. The molecule has 0 bridgehead atoms. The van der Waals surface area contributed by atoms with Crippen LogP contribution in [-0.2, 0) is 6.54 Å². The Kier molecular flexibility index (Phi) is 5.48. The third-order valence-electron chi connectivity index (χ3n) is 2.92. The van der Waals surface area contributed by atoms with Crippen LogP contribution in [0.15, 0.2) is 12.1 Å². The minimum absolute atomic E-state index is 0.0449. The molecule has 0 unspecified atom stereocenters. The van der Waals surface area contributed by atoms with Gasteiger partial charge in [0, 0.05) is 6.54 Å². The fourth-order valence-corrected chi connectivity index (χ4v) is 1.75. The highest BCUT2D eigenvalue weighted by molar-refractivity contribution is 5.52. The molecule has 0 amide bonds. The van der Waals surface area contributed by atoms with E-state index in [1.54, 1.807) is 0 Å². The average Bonchev–Trinajstić information content (AvgIpc) is 2.35. The molecule has 0 radical (unpaired) electrons. The van der Waals surface area contributed by atoms with Crippen LogP contribution in [0.5, 0.6) is 17.2 Å². The number of aromatic hydroxyl groups is 1. The van der Waals surface area contributed by atoms with Gasteiger partial charge in [-0.15, -0.1) is 0 Å². The lowest BCUT2D eigenvalue weighted by Crippen LogP contribution is -2.20. The number of methoxy groups -OCH3 is 2. The van der Waals surface area contributed by atoms with Crippen LogP contribution in [0.4, 0.5) is 0 Å². The normalized spacial score (nSPS) is 11.4. The summed E-state index contributed by atoms with van der Waals surface area (Å²) in [5.74, 6) is 0.919. The van der Waals surface area contributed by atoms with E-state index in [0.717, 1.165) is 25.1 Å². The van der Waals surface area contributed by atoms with Crippen LogP contribution in [-0.4, -0.2) is 25.9 Å². The number of ether oxygens (including phenoxy) is 2. The predicted octanol–water partition coefficient (Wildman–Crippen LogP) is 2.94. The van der Waals surface area contributed by atoms with Gasteiger partial charge in [0.05, 0.1) is 14.2 Å². The molecule has 2 N–H and O–H groups in total. The van der Waals surface area contributed by atoms with Gasteiger partial charge < -0.3 is 19.9 Å². The van der Waals surface area contributed by atoms with Crippen LogP contribution in [0.25, 0.3) is 0 Å². The summed E-state index contributed by atoms with van der Waals surface area (Å²) in [6.45, 7) is 8.35. The van der Waals surface area contributed by atoms with Crippen molar-refractivity contribution in [1.82, 2.24) is 5.32 Å². The summed E-state index contributed by atoms with van der Waals surface area (Å²) >= 11 is 0. The third-order valence-corrected chi connectivity index (χ3v) is 2.92. The SMILES string of the molecule is COc1cc(CNCCC(C)(C)C)cc(OC)c1O. The van der Waals surface area contributed by atoms with Crippen molar-refractivity contribution in [2.75, 3.05) is 20.8 Å². The quantitative estimate of drug-likeness (QED) is 0.778. The molecule has 1 aromatic carbocycles. The highest BCUT2D eigenvalue weighted by Crippen LogP contribution is 2.37. The number of nitrogens with one attached hydrogen (secondary N) is 1. The van der Waals surface area contributed by atoms with E-state index in [1.807, 2.05) is 12.1 Å². The summed E-state index contributed by atoms with van der Waals surface area (Å²) in [6, 6.07) is 3.64. The maximum absolute atomic E-state index is 9.82. The smallest absolute Gasteiger partial charge is 0.200 e. The molecule has 0 atom stereocenters. The molecule has 0 aliphatic heterocycles. The van der Waals surface area contributed by atoms with Crippen LogP contribution in [0, 0.1) is 5.41 Å². The predicted molar refractivity (Wildman–Crippen MR) is 77.0 cm³/mol. The lowest BCUT2D eigenvalue weighted by Gasteiger charge is -2.18. The van der Waals surface area contributed by atoms with Gasteiger partial charge in [-0.2, -0.15) is 0 Å². The van der Waals surface area contributed by atoms with E-state index >= 15 is 0 Å². The van der Waals surface area contributed by atoms with E-state index in [-0.39, 0.29) is 5.75 Å². The van der Waals surface area contributed by atoms with Crippen molar-refractivity contribution in [2.24, 2.45) is 5.41 Å². The molecule has 0 aliphatic carbocycles. The lowest BCUT2D eigenvalue weighted by atomic mass is 9.92. The molecule has 19 heavy (non-hydrogen) atoms. The van der Waals surface area contributed by atoms with Crippen molar-refractivity contribution >= 4 is 0 Å². The second kappa shape index (κ2) is 6.66. The molecule has 0 saturated heterocycles. The third kappa shape index (κ3) is 4.99. The first-order chi connectivity index (χ1) is 8.87. The molecule has 0 heterocycles. The molecular formula is C15H25NO3. The van der Waals surface area contributed by atoms with E-state index in [2.05, 4.69) is 26.1 Å². The summed E-state index contributed by atoms with van der Waals surface area (Å²) in [5.41, 5.74) is 1.36. The summed E-state index contributed by atoms with van der Waals surface area (Å²) in [4.78, 5) is 0. The van der Waals surface area contributed by atoms with Crippen molar-refractivity contribution in [3.8, 4) is 17.2 Å². The molecule has 1 rings (SSSR count). The average molecular weight is 267 g/mol. The van der Waals surface area contributed by atoms with Gasteiger partial charge in [0.2, 0.25) is 5.75 Å². The van der Waals surface area contributed by atoms with E-state index < -0.39 is 0 Å². The Balaban J connectivity index is 2.63. The summed E-state index contributed by atoms with van der Waals surface area (Å²) in [6.07, 6.45) is 1.11. The Bertz CT molecular complexity index is 385. The van der Waals surface area contributed by atoms with E-state index in [0.29, 0.717) is 16.9 Å². The zero-order valence-electron chi connectivity index (χ0n) is 12.5.